The van der Waals surface area contributed by atoms with Crippen LogP contribution in [-0.2, 0) is 22.1 Å². The first kappa shape index (κ1) is 15.3. The predicted molar refractivity (Wildman–Crippen MR) is 63.0 cm³/mol. The lowest BCUT2D eigenvalue weighted by atomic mass is 10.1. The van der Waals surface area contributed by atoms with Crippen molar-refractivity contribution in [3.63, 3.8) is 0 Å². The van der Waals surface area contributed by atoms with E-state index in [1.165, 1.54) is 13.2 Å². The number of aryl methyl sites for hydroxylation is 1. The molecular formula is C13H15F3O3. The Kier molecular flexibility index (Phi) is 5.20. The fourth-order valence-electron chi connectivity index (χ4n) is 1.60. The average molecular weight is 276 g/mol. The number of methoxy groups -OCH3 is 1. The SMILES string of the molecule is CCOC(=O)CCc1ccc(C(F)(F)F)cc1OC. The molecule has 0 N–H and O–H groups in total. The number of esters is 1. The molecule has 0 aliphatic carbocycles. The van der Waals surface area contributed by atoms with Gasteiger partial charge in [-0.3, -0.25) is 4.79 Å². The second-order valence-electron chi connectivity index (χ2n) is 3.83. The van der Waals surface area contributed by atoms with Crippen LogP contribution in [0.3, 0.4) is 0 Å². The van der Waals surface area contributed by atoms with Gasteiger partial charge in [0.15, 0.2) is 0 Å². The topological polar surface area (TPSA) is 35.5 Å². The minimum absolute atomic E-state index is 0.107. The van der Waals surface area contributed by atoms with Crippen molar-refractivity contribution in [2.24, 2.45) is 0 Å². The largest absolute Gasteiger partial charge is 0.496 e. The van der Waals surface area contributed by atoms with Gasteiger partial charge in [0.2, 0.25) is 0 Å². The van der Waals surface area contributed by atoms with Gasteiger partial charge in [-0.2, -0.15) is 13.2 Å². The lowest BCUT2D eigenvalue weighted by molar-refractivity contribution is -0.143. The quantitative estimate of drug-likeness (QED) is 0.775. The van der Waals surface area contributed by atoms with Crippen molar-refractivity contribution in [2.75, 3.05) is 13.7 Å². The zero-order chi connectivity index (χ0) is 14.5. The van der Waals surface area contributed by atoms with Gasteiger partial charge in [0.05, 0.1) is 19.3 Å². The highest BCUT2D eigenvalue weighted by Crippen LogP contribution is 2.33. The maximum atomic E-state index is 12.5. The van der Waals surface area contributed by atoms with Crippen LogP contribution < -0.4 is 4.74 Å². The number of alkyl halides is 3. The van der Waals surface area contributed by atoms with Crippen LogP contribution in [0.25, 0.3) is 0 Å². The lowest BCUT2D eigenvalue weighted by Gasteiger charge is -2.12. The van der Waals surface area contributed by atoms with E-state index in [1.807, 2.05) is 0 Å². The minimum Gasteiger partial charge on any atom is -0.496 e. The van der Waals surface area contributed by atoms with E-state index >= 15 is 0 Å². The number of carbonyl (C=O) groups is 1. The lowest BCUT2D eigenvalue weighted by Crippen LogP contribution is -2.08. The van der Waals surface area contributed by atoms with Crippen LogP contribution in [-0.4, -0.2) is 19.7 Å². The number of benzene rings is 1. The first-order chi connectivity index (χ1) is 8.88. The molecule has 0 saturated carbocycles. The predicted octanol–water partition coefficient (Wildman–Crippen LogP) is 3.21. The molecule has 19 heavy (non-hydrogen) atoms. The average Bonchev–Trinajstić information content (AvgIpc) is 2.35. The normalized spacial score (nSPS) is 11.2. The fraction of sp³-hybridized carbons (Fsp3) is 0.462. The Hall–Kier alpha value is -1.72. The summed E-state index contributed by atoms with van der Waals surface area (Å²) in [4.78, 5) is 11.2. The van der Waals surface area contributed by atoms with E-state index in [1.54, 1.807) is 6.92 Å². The second-order valence-corrected chi connectivity index (χ2v) is 3.83. The molecular weight excluding hydrogens is 261 g/mol. The Morgan fingerprint density at radius 2 is 2.00 bits per heavy atom. The first-order valence-electron chi connectivity index (χ1n) is 5.78. The summed E-state index contributed by atoms with van der Waals surface area (Å²) in [5, 5.41) is 0. The highest BCUT2D eigenvalue weighted by atomic mass is 19.4. The van der Waals surface area contributed by atoms with E-state index in [-0.39, 0.29) is 31.2 Å². The summed E-state index contributed by atoms with van der Waals surface area (Å²) in [6.45, 7) is 1.97. The summed E-state index contributed by atoms with van der Waals surface area (Å²) in [7, 11) is 1.29. The third-order valence-electron chi connectivity index (χ3n) is 2.52. The Morgan fingerprint density at radius 1 is 1.32 bits per heavy atom. The molecule has 0 aliphatic heterocycles. The summed E-state index contributed by atoms with van der Waals surface area (Å²) in [5.41, 5.74) is -0.229. The summed E-state index contributed by atoms with van der Waals surface area (Å²) in [6, 6.07) is 3.23. The van der Waals surface area contributed by atoms with E-state index < -0.39 is 11.7 Å². The zero-order valence-corrected chi connectivity index (χ0v) is 10.7. The van der Waals surface area contributed by atoms with Crippen LogP contribution in [0.1, 0.15) is 24.5 Å². The molecule has 1 aromatic carbocycles. The van der Waals surface area contributed by atoms with Crippen molar-refractivity contribution in [1.29, 1.82) is 0 Å². The molecule has 0 aromatic heterocycles. The smallest absolute Gasteiger partial charge is 0.416 e. The van der Waals surface area contributed by atoms with Crippen molar-refractivity contribution >= 4 is 5.97 Å². The number of ether oxygens (including phenoxy) is 2. The van der Waals surface area contributed by atoms with E-state index in [9.17, 15) is 18.0 Å². The molecule has 0 bridgehead atoms. The number of halogens is 3. The highest BCUT2D eigenvalue weighted by molar-refractivity contribution is 5.69. The van der Waals surface area contributed by atoms with Crippen LogP contribution in [0, 0.1) is 0 Å². The molecule has 0 heterocycles. The molecule has 0 amide bonds. The van der Waals surface area contributed by atoms with Gasteiger partial charge in [0.25, 0.3) is 0 Å². The van der Waals surface area contributed by atoms with Gasteiger partial charge < -0.3 is 9.47 Å². The van der Waals surface area contributed by atoms with Crippen molar-refractivity contribution in [1.82, 2.24) is 0 Å². The van der Waals surface area contributed by atoms with Crippen LogP contribution in [0.5, 0.6) is 5.75 Å². The summed E-state index contributed by atoms with van der Waals surface area (Å²) in [5.74, 6) is -0.261. The maximum absolute atomic E-state index is 12.5. The van der Waals surface area contributed by atoms with Crippen LogP contribution in [0.15, 0.2) is 18.2 Å². The number of hydrogen-bond acceptors (Lipinski definition) is 3. The standard InChI is InChI=1S/C13H15F3O3/c1-3-19-12(17)7-5-9-4-6-10(13(14,15)16)8-11(9)18-2/h4,6,8H,3,5,7H2,1-2H3. The zero-order valence-electron chi connectivity index (χ0n) is 10.7. The Labute approximate surface area is 109 Å². The second kappa shape index (κ2) is 6.45. The Bertz CT molecular complexity index is 441. The molecule has 6 heteroatoms. The van der Waals surface area contributed by atoms with Crippen LogP contribution >= 0.6 is 0 Å². The molecule has 0 fully saturated rings. The molecule has 0 radical (unpaired) electrons. The fourth-order valence-corrected chi connectivity index (χ4v) is 1.60. The highest BCUT2D eigenvalue weighted by Gasteiger charge is 2.31. The minimum atomic E-state index is -4.41. The molecule has 1 rings (SSSR count). The van der Waals surface area contributed by atoms with E-state index in [0.717, 1.165) is 12.1 Å². The monoisotopic (exact) mass is 276 g/mol. The van der Waals surface area contributed by atoms with Crippen molar-refractivity contribution in [2.45, 2.75) is 25.9 Å². The molecule has 3 nitrogen and oxygen atoms in total. The van der Waals surface area contributed by atoms with E-state index in [0.29, 0.717) is 5.56 Å². The molecule has 106 valence electrons. The van der Waals surface area contributed by atoms with Gasteiger partial charge in [0.1, 0.15) is 5.75 Å². The molecule has 0 aliphatic rings. The summed E-state index contributed by atoms with van der Waals surface area (Å²) in [6.07, 6.45) is -4.03. The molecule has 1 aromatic rings. The van der Waals surface area contributed by atoms with Gasteiger partial charge >= 0.3 is 12.1 Å². The third-order valence-corrected chi connectivity index (χ3v) is 2.52. The van der Waals surface area contributed by atoms with Gasteiger partial charge in [-0.05, 0) is 31.0 Å². The van der Waals surface area contributed by atoms with E-state index in [4.69, 9.17) is 9.47 Å². The molecule has 0 atom stereocenters. The molecule has 0 spiro atoms. The summed E-state index contributed by atoms with van der Waals surface area (Å²) >= 11 is 0. The maximum Gasteiger partial charge on any atom is 0.416 e. The van der Waals surface area contributed by atoms with Gasteiger partial charge in [-0.25, -0.2) is 0 Å². The Balaban J connectivity index is 2.82. The number of carbonyl (C=O) groups excluding carboxylic acids is 1. The number of rotatable bonds is 5. The molecule has 0 saturated heterocycles. The van der Waals surface area contributed by atoms with Crippen LogP contribution in [0.2, 0.25) is 0 Å². The van der Waals surface area contributed by atoms with Gasteiger partial charge in [-0.1, -0.05) is 6.07 Å². The number of hydrogen-bond donors (Lipinski definition) is 0. The van der Waals surface area contributed by atoms with Gasteiger partial charge in [-0.15, -0.1) is 0 Å². The third kappa shape index (κ3) is 4.46. The van der Waals surface area contributed by atoms with Crippen molar-refractivity contribution < 1.29 is 27.4 Å². The summed E-state index contributed by atoms with van der Waals surface area (Å²) < 4.78 is 47.2. The molecule has 0 unspecified atom stereocenters. The Morgan fingerprint density at radius 3 is 2.53 bits per heavy atom. The van der Waals surface area contributed by atoms with Crippen molar-refractivity contribution in [3.05, 3.63) is 29.3 Å². The van der Waals surface area contributed by atoms with Crippen molar-refractivity contribution in [3.8, 4) is 5.75 Å². The van der Waals surface area contributed by atoms with E-state index in [2.05, 4.69) is 0 Å². The van der Waals surface area contributed by atoms with Crippen LogP contribution in [0.4, 0.5) is 13.2 Å². The van der Waals surface area contributed by atoms with Gasteiger partial charge in [0, 0.05) is 6.42 Å². The first-order valence-corrected chi connectivity index (χ1v) is 5.78.